The molecule has 2 N–H and O–H groups in total. The van der Waals surface area contributed by atoms with Crippen molar-refractivity contribution >= 4 is 22.6 Å². The molecule has 0 aliphatic carbocycles. The zero-order valence-electron chi connectivity index (χ0n) is 8.30. The van der Waals surface area contributed by atoms with Crippen molar-refractivity contribution < 1.29 is 9.53 Å². The first-order valence-corrected chi connectivity index (χ1v) is 4.48. The number of esters is 1. The molecule has 5 heteroatoms. The van der Waals surface area contributed by atoms with Crippen molar-refractivity contribution in [2.45, 2.75) is 6.54 Å². The summed E-state index contributed by atoms with van der Waals surface area (Å²) in [5.74, 6) is -0.331. The van der Waals surface area contributed by atoms with Crippen molar-refractivity contribution in [2.75, 3.05) is 12.8 Å². The summed E-state index contributed by atoms with van der Waals surface area (Å²) >= 11 is 0. The van der Waals surface area contributed by atoms with Crippen molar-refractivity contribution in [2.24, 2.45) is 0 Å². The minimum absolute atomic E-state index is 0.101. The maximum absolute atomic E-state index is 11.1. The third-order valence-corrected chi connectivity index (χ3v) is 2.18. The molecule has 0 saturated heterocycles. The first-order chi connectivity index (χ1) is 7.20. The van der Waals surface area contributed by atoms with Gasteiger partial charge in [-0.25, -0.2) is 0 Å². The summed E-state index contributed by atoms with van der Waals surface area (Å²) in [6.45, 7) is 0.101. The number of anilines is 1. The zero-order valence-corrected chi connectivity index (χ0v) is 8.30. The number of nitrogens with two attached hydrogens (primary N) is 1. The van der Waals surface area contributed by atoms with Gasteiger partial charge in [0.05, 0.1) is 18.8 Å². The number of benzene rings is 1. The van der Waals surface area contributed by atoms with Crippen LogP contribution in [0.15, 0.2) is 24.4 Å². The van der Waals surface area contributed by atoms with Gasteiger partial charge in [-0.15, -0.1) is 0 Å². The molecule has 0 aliphatic rings. The third-order valence-electron chi connectivity index (χ3n) is 2.18. The fourth-order valence-corrected chi connectivity index (χ4v) is 1.40. The number of methoxy groups -OCH3 is 1. The number of hydrogen-bond donors (Lipinski definition) is 1. The van der Waals surface area contributed by atoms with E-state index < -0.39 is 0 Å². The second-order valence-corrected chi connectivity index (χ2v) is 3.20. The highest BCUT2D eigenvalue weighted by Crippen LogP contribution is 2.16. The average molecular weight is 205 g/mol. The van der Waals surface area contributed by atoms with Crippen LogP contribution in [0, 0.1) is 0 Å². The lowest BCUT2D eigenvalue weighted by molar-refractivity contribution is -0.141. The van der Waals surface area contributed by atoms with Crippen LogP contribution in [0.1, 0.15) is 0 Å². The predicted octanol–water partition coefficient (Wildman–Crippen LogP) is 0.791. The van der Waals surface area contributed by atoms with Crippen molar-refractivity contribution in [3.63, 3.8) is 0 Å². The molecular formula is C10H11N3O2. The SMILES string of the molecule is COC(=O)Cn1ncc2ccc(N)cc21. The molecule has 5 nitrogen and oxygen atoms in total. The van der Waals surface area contributed by atoms with Crippen molar-refractivity contribution in [1.82, 2.24) is 9.78 Å². The predicted molar refractivity (Wildman–Crippen MR) is 56.2 cm³/mol. The number of rotatable bonds is 2. The fraction of sp³-hybridized carbons (Fsp3) is 0.200. The van der Waals surface area contributed by atoms with Gasteiger partial charge in [0.25, 0.3) is 0 Å². The van der Waals surface area contributed by atoms with Gasteiger partial charge in [0, 0.05) is 11.1 Å². The van der Waals surface area contributed by atoms with Gasteiger partial charge in [-0.3, -0.25) is 9.48 Å². The summed E-state index contributed by atoms with van der Waals surface area (Å²) in [5, 5.41) is 5.04. The monoisotopic (exact) mass is 205 g/mol. The van der Waals surface area contributed by atoms with E-state index in [4.69, 9.17) is 5.73 Å². The van der Waals surface area contributed by atoms with E-state index in [0.29, 0.717) is 5.69 Å². The Bertz CT molecular complexity index is 504. The lowest BCUT2D eigenvalue weighted by atomic mass is 10.2. The lowest BCUT2D eigenvalue weighted by Crippen LogP contribution is -2.12. The second kappa shape index (κ2) is 3.61. The number of ether oxygens (including phenoxy) is 1. The van der Waals surface area contributed by atoms with Crippen LogP contribution in [-0.4, -0.2) is 22.9 Å². The number of carbonyl (C=O) groups is 1. The number of nitrogen functional groups attached to an aromatic ring is 1. The van der Waals surface area contributed by atoms with Crippen LogP contribution in [0.5, 0.6) is 0 Å². The molecule has 0 saturated carbocycles. The molecule has 0 aliphatic heterocycles. The Labute approximate surface area is 86.4 Å². The zero-order chi connectivity index (χ0) is 10.8. The smallest absolute Gasteiger partial charge is 0.327 e. The highest BCUT2D eigenvalue weighted by molar-refractivity contribution is 5.83. The van der Waals surface area contributed by atoms with Crippen LogP contribution in [0.3, 0.4) is 0 Å². The van der Waals surface area contributed by atoms with Crippen LogP contribution < -0.4 is 5.73 Å². The number of hydrogen-bond acceptors (Lipinski definition) is 4. The van der Waals surface area contributed by atoms with Crippen molar-refractivity contribution in [3.8, 4) is 0 Å². The van der Waals surface area contributed by atoms with Gasteiger partial charge >= 0.3 is 5.97 Å². The summed E-state index contributed by atoms with van der Waals surface area (Å²) in [6.07, 6.45) is 1.69. The quantitative estimate of drug-likeness (QED) is 0.581. The van der Waals surface area contributed by atoms with E-state index in [0.717, 1.165) is 10.9 Å². The Kier molecular flexibility index (Phi) is 2.29. The number of carbonyl (C=O) groups excluding carboxylic acids is 1. The van der Waals surface area contributed by atoms with Gasteiger partial charge in [0.2, 0.25) is 0 Å². The molecule has 2 aromatic rings. The normalized spacial score (nSPS) is 10.5. The van der Waals surface area contributed by atoms with Crippen molar-refractivity contribution in [3.05, 3.63) is 24.4 Å². The van der Waals surface area contributed by atoms with E-state index in [2.05, 4.69) is 9.84 Å². The summed E-state index contributed by atoms with van der Waals surface area (Å²) in [4.78, 5) is 11.1. The Morgan fingerprint density at radius 2 is 2.40 bits per heavy atom. The molecular weight excluding hydrogens is 194 g/mol. The molecule has 0 fully saturated rings. The third kappa shape index (κ3) is 1.76. The maximum atomic E-state index is 11.1. The molecule has 0 radical (unpaired) electrons. The van der Waals surface area contributed by atoms with E-state index in [1.54, 1.807) is 23.0 Å². The summed E-state index contributed by atoms with van der Waals surface area (Å²) in [7, 11) is 1.35. The van der Waals surface area contributed by atoms with Crippen LogP contribution in [-0.2, 0) is 16.1 Å². The Morgan fingerprint density at radius 3 is 3.13 bits per heavy atom. The molecule has 0 atom stereocenters. The first-order valence-electron chi connectivity index (χ1n) is 4.48. The topological polar surface area (TPSA) is 70.1 Å². The van der Waals surface area contributed by atoms with Crippen LogP contribution in [0.25, 0.3) is 10.9 Å². The fourth-order valence-electron chi connectivity index (χ4n) is 1.40. The van der Waals surface area contributed by atoms with Gasteiger partial charge in [0.15, 0.2) is 0 Å². The van der Waals surface area contributed by atoms with Crippen LogP contribution in [0.2, 0.25) is 0 Å². The minimum Gasteiger partial charge on any atom is -0.468 e. The van der Waals surface area contributed by atoms with Crippen LogP contribution in [0.4, 0.5) is 5.69 Å². The number of aromatic nitrogens is 2. The first kappa shape index (κ1) is 9.51. The molecule has 2 rings (SSSR count). The van der Waals surface area contributed by atoms with Crippen LogP contribution >= 0.6 is 0 Å². The maximum Gasteiger partial charge on any atom is 0.327 e. The summed E-state index contributed by atoms with van der Waals surface area (Å²) < 4.78 is 6.14. The lowest BCUT2D eigenvalue weighted by Gasteiger charge is -2.02. The largest absolute Gasteiger partial charge is 0.468 e. The number of nitrogens with zero attached hydrogens (tertiary/aromatic N) is 2. The molecule has 78 valence electrons. The molecule has 15 heavy (non-hydrogen) atoms. The average Bonchev–Trinajstić information content (AvgIpc) is 2.61. The standard InChI is InChI=1S/C10H11N3O2/c1-15-10(14)6-13-9-4-8(11)3-2-7(9)5-12-13/h2-5H,6,11H2,1H3. The molecule has 0 unspecified atom stereocenters. The second-order valence-electron chi connectivity index (χ2n) is 3.20. The Balaban J connectivity index is 2.43. The molecule has 0 amide bonds. The van der Waals surface area contributed by atoms with Gasteiger partial charge in [-0.2, -0.15) is 5.10 Å². The molecule has 1 aromatic heterocycles. The molecule has 1 heterocycles. The van der Waals surface area contributed by atoms with Gasteiger partial charge < -0.3 is 10.5 Å². The van der Waals surface area contributed by atoms with Gasteiger partial charge in [-0.05, 0) is 18.2 Å². The molecule has 1 aromatic carbocycles. The van der Waals surface area contributed by atoms with Crippen molar-refractivity contribution in [1.29, 1.82) is 0 Å². The Hall–Kier alpha value is -2.04. The number of fused-ring (bicyclic) bond motifs is 1. The summed E-state index contributed by atoms with van der Waals surface area (Å²) in [5.41, 5.74) is 7.14. The van der Waals surface area contributed by atoms with E-state index in [1.807, 2.05) is 6.07 Å². The molecule has 0 bridgehead atoms. The summed E-state index contributed by atoms with van der Waals surface area (Å²) in [6, 6.07) is 5.45. The highest BCUT2D eigenvalue weighted by Gasteiger charge is 2.07. The van der Waals surface area contributed by atoms with E-state index in [1.165, 1.54) is 7.11 Å². The minimum atomic E-state index is -0.331. The van der Waals surface area contributed by atoms with E-state index in [-0.39, 0.29) is 12.5 Å². The van der Waals surface area contributed by atoms with Gasteiger partial charge in [-0.1, -0.05) is 0 Å². The van der Waals surface area contributed by atoms with E-state index >= 15 is 0 Å². The van der Waals surface area contributed by atoms with Gasteiger partial charge in [0.1, 0.15) is 6.54 Å². The highest BCUT2D eigenvalue weighted by atomic mass is 16.5. The van der Waals surface area contributed by atoms with E-state index in [9.17, 15) is 4.79 Å². The molecule has 0 spiro atoms. The Morgan fingerprint density at radius 1 is 1.60 bits per heavy atom.